The molecule has 0 saturated heterocycles. The van der Waals surface area contributed by atoms with Crippen molar-refractivity contribution in [2.75, 3.05) is 7.11 Å². The third-order valence-electron chi connectivity index (χ3n) is 1.47. The van der Waals surface area contributed by atoms with Gasteiger partial charge in [-0.3, -0.25) is 4.79 Å². The van der Waals surface area contributed by atoms with Crippen LogP contribution < -0.4 is 0 Å². The number of hydrogen-bond donors (Lipinski definition) is 0. The Labute approximate surface area is 71.1 Å². The summed E-state index contributed by atoms with van der Waals surface area (Å²) in [4.78, 5) is 21.7. The highest BCUT2D eigenvalue weighted by Gasteiger charge is 2.28. The van der Waals surface area contributed by atoms with E-state index < -0.39 is 17.7 Å². The second-order valence-electron chi connectivity index (χ2n) is 2.71. The van der Waals surface area contributed by atoms with Crippen molar-refractivity contribution >= 4 is 11.8 Å². The van der Waals surface area contributed by atoms with Gasteiger partial charge >= 0.3 is 5.97 Å². The number of esters is 1. The maximum atomic E-state index is 11.0. The molecule has 0 aromatic heterocycles. The molecule has 0 amide bonds. The normalized spacial score (nSPS) is 11.9. The highest BCUT2D eigenvalue weighted by atomic mass is 16.5. The third kappa shape index (κ3) is 2.35. The van der Waals surface area contributed by atoms with Crippen molar-refractivity contribution in [3.63, 3.8) is 0 Å². The van der Waals surface area contributed by atoms with E-state index in [1.165, 1.54) is 0 Å². The molecule has 0 saturated carbocycles. The Morgan fingerprint density at radius 1 is 1.42 bits per heavy atom. The number of carbonyl (C=O) groups is 2. The van der Waals surface area contributed by atoms with Crippen LogP contribution in [0.25, 0.3) is 0 Å². The molecule has 0 spiro atoms. The van der Waals surface area contributed by atoms with Crippen molar-refractivity contribution in [3.8, 4) is 6.07 Å². The van der Waals surface area contributed by atoms with E-state index >= 15 is 0 Å². The first kappa shape index (κ1) is 10.6. The number of ether oxygens (including phenoxy) is 1. The second-order valence-corrected chi connectivity index (χ2v) is 2.71. The zero-order chi connectivity index (χ0) is 9.72. The van der Waals surface area contributed by atoms with E-state index in [9.17, 15) is 9.59 Å². The lowest BCUT2D eigenvalue weighted by Gasteiger charge is -2.08. The zero-order valence-corrected chi connectivity index (χ0v) is 7.33. The average molecular weight is 169 g/mol. The molecular weight excluding hydrogens is 158 g/mol. The molecule has 0 aromatic rings. The Bertz CT molecular complexity index is 227. The van der Waals surface area contributed by atoms with Crippen molar-refractivity contribution in [1.29, 1.82) is 5.26 Å². The summed E-state index contributed by atoms with van der Waals surface area (Å²) in [5, 5.41) is 8.53. The minimum atomic E-state index is -0.949. The lowest BCUT2D eigenvalue weighted by molar-refractivity contribution is -0.153. The SMILES string of the molecule is COC(=O)C(=O)C(C#N)C(C)C. The molecule has 1 atom stereocenters. The molecule has 0 aliphatic rings. The number of hydrogen-bond acceptors (Lipinski definition) is 4. The van der Waals surface area contributed by atoms with E-state index in [4.69, 9.17) is 5.26 Å². The fourth-order valence-corrected chi connectivity index (χ4v) is 0.738. The van der Waals surface area contributed by atoms with Gasteiger partial charge in [-0.15, -0.1) is 0 Å². The Balaban J connectivity index is 4.46. The zero-order valence-electron chi connectivity index (χ0n) is 7.33. The topological polar surface area (TPSA) is 67.2 Å². The van der Waals surface area contributed by atoms with Crippen LogP contribution in [0.5, 0.6) is 0 Å². The predicted octanol–water partition coefficient (Wildman–Crippen LogP) is 0.524. The monoisotopic (exact) mass is 169 g/mol. The van der Waals surface area contributed by atoms with Gasteiger partial charge in [-0.25, -0.2) is 4.79 Å². The molecule has 4 heteroatoms. The molecular formula is C8H11NO3. The number of nitriles is 1. The van der Waals surface area contributed by atoms with E-state index in [1.54, 1.807) is 19.9 Å². The van der Waals surface area contributed by atoms with Gasteiger partial charge in [-0.05, 0) is 5.92 Å². The van der Waals surface area contributed by atoms with Crippen molar-refractivity contribution < 1.29 is 14.3 Å². The Morgan fingerprint density at radius 2 is 1.92 bits per heavy atom. The molecule has 66 valence electrons. The molecule has 0 aliphatic heterocycles. The summed E-state index contributed by atoms with van der Waals surface area (Å²) in [6, 6.07) is 1.77. The number of Topliss-reactive ketones (excluding diaryl/α,β-unsaturated/α-hetero) is 1. The van der Waals surface area contributed by atoms with Crippen LogP contribution in [-0.2, 0) is 14.3 Å². The van der Waals surface area contributed by atoms with Gasteiger partial charge < -0.3 is 4.74 Å². The molecule has 0 aliphatic carbocycles. The van der Waals surface area contributed by atoms with Gasteiger partial charge in [-0.1, -0.05) is 13.8 Å². The van der Waals surface area contributed by atoms with E-state index in [0.717, 1.165) is 7.11 Å². The minimum Gasteiger partial charge on any atom is -0.463 e. The highest BCUT2D eigenvalue weighted by molar-refractivity contribution is 6.35. The average Bonchev–Trinajstić information content (AvgIpc) is 2.03. The summed E-state index contributed by atoms with van der Waals surface area (Å²) in [7, 11) is 1.12. The largest absolute Gasteiger partial charge is 0.463 e. The van der Waals surface area contributed by atoms with E-state index in [-0.39, 0.29) is 5.92 Å². The Kier molecular flexibility index (Phi) is 3.98. The standard InChI is InChI=1S/C8H11NO3/c1-5(2)6(4-9)7(10)8(11)12-3/h5-6H,1-3H3. The summed E-state index contributed by atoms with van der Waals surface area (Å²) >= 11 is 0. The quantitative estimate of drug-likeness (QED) is 0.456. The minimum absolute atomic E-state index is 0.165. The van der Waals surface area contributed by atoms with E-state index in [1.807, 2.05) is 0 Å². The molecule has 0 aromatic carbocycles. The van der Waals surface area contributed by atoms with Gasteiger partial charge in [0, 0.05) is 0 Å². The van der Waals surface area contributed by atoms with Crippen molar-refractivity contribution in [2.45, 2.75) is 13.8 Å². The Morgan fingerprint density at radius 3 is 2.17 bits per heavy atom. The van der Waals surface area contributed by atoms with E-state index in [0.29, 0.717) is 0 Å². The first-order valence-electron chi connectivity index (χ1n) is 3.56. The van der Waals surface area contributed by atoms with Gasteiger partial charge in [0.15, 0.2) is 0 Å². The number of methoxy groups -OCH3 is 1. The molecule has 0 radical (unpaired) electrons. The summed E-state index contributed by atoms with van der Waals surface area (Å²) in [6.45, 7) is 3.41. The predicted molar refractivity (Wildman–Crippen MR) is 41.0 cm³/mol. The first-order chi connectivity index (χ1) is 5.54. The van der Waals surface area contributed by atoms with Gasteiger partial charge in [-0.2, -0.15) is 5.26 Å². The van der Waals surface area contributed by atoms with E-state index in [2.05, 4.69) is 4.74 Å². The van der Waals surface area contributed by atoms with Gasteiger partial charge in [0.25, 0.3) is 5.78 Å². The molecule has 0 N–H and O–H groups in total. The molecule has 0 heterocycles. The van der Waals surface area contributed by atoms with Crippen molar-refractivity contribution in [2.24, 2.45) is 11.8 Å². The Hall–Kier alpha value is -1.37. The molecule has 4 nitrogen and oxygen atoms in total. The van der Waals surface area contributed by atoms with Gasteiger partial charge in [0.2, 0.25) is 0 Å². The maximum Gasteiger partial charge on any atom is 0.375 e. The van der Waals surface area contributed by atoms with Crippen LogP contribution >= 0.6 is 0 Å². The van der Waals surface area contributed by atoms with Gasteiger partial charge in [0.05, 0.1) is 13.2 Å². The van der Waals surface area contributed by atoms with Crippen LogP contribution in [0.1, 0.15) is 13.8 Å². The number of nitrogens with zero attached hydrogens (tertiary/aromatic N) is 1. The van der Waals surface area contributed by atoms with Crippen LogP contribution in [0.3, 0.4) is 0 Å². The second kappa shape index (κ2) is 4.50. The first-order valence-corrected chi connectivity index (χ1v) is 3.56. The smallest absolute Gasteiger partial charge is 0.375 e. The molecule has 1 unspecified atom stereocenters. The number of carbonyl (C=O) groups excluding carboxylic acids is 2. The molecule has 12 heavy (non-hydrogen) atoms. The summed E-state index contributed by atoms with van der Waals surface area (Å²) < 4.78 is 4.21. The summed E-state index contributed by atoms with van der Waals surface area (Å²) in [5.41, 5.74) is 0. The van der Waals surface area contributed by atoms with Crippen LogP contribution in [0, 0.1) is 23.2 Å². The van der Waals surface area contributed by atoms with Crippen LogP contribution in [0.15, 0.2) is 0 Å². The maximum absolute atomic E-state index is 11.0. The van der Waals surface area contributed by atoms with Crippen LogP contribution in [-0.4, -0.2) is 18.9 Å². The van der Waals surface area contributed by atoms with Gasteiger partial charge in [0.1, 0.15) is 5.92 Å². The summed E-state index contributed by atoms with van der Waals surface area (Å²) in [5.74, 6) is -2.77. The molecule has 0 bridgehead atoms. The number of rotatable bonds is 3. The highest BCUT2D eigenvalue weighted by Crippen LogP contribution is 2.11. The fraction of sp³-hybridized carbons (Fsp3) is 0.625. The summed E-state index contributed by atoms with van der Waals surface area (Å²) in [6.07, 6.45) is 0. The third-order valence-corrected chi connectivity index (χ3v) is 1.47. The lowest BCUT2D eigenvalue weighted by atomic mass is 9.93. The van der Waals surface area contributed by atoms with Crippen LogP contribution in [0.4, 0.5) is 0 Å². The molecule has 0 fully saturated rings. The lowest BCUT2D eigenvalue weighted by Crippen LogP contribution is -2.27. The van der Waals surface area contributed by atoms with Crippen LogP contribution in [0.2, 0.25) is 0 Å². The fourth-order valence-electron chi connectivity index (χ4n) is 0.738. The molecule has 0 rings (SSSR count). The van der Waals surface area contributed by atoms with Crippen molar-refractivity contribution in [3.05, 3.63) is 0 Å². The number of ketones is 1. The van der Waals surface area contributed by atoms with Crippen molar-refractivity contribution in [1.82, 2.24) is 0 Å².